The van der Waals surface area contributed by atoms with Gasteiger partial charge in [0.25, 0.3) is 5.91 Å². The zero-order valence-corrected chi connectivity index (χ0v) is 19.5. The van der Waals surface area contributed by atoms with Gasteiger partial charge in [-0.25, -0.2) is 4.98 Å². The highest BCUT2D eigenvalue weighted by Crippen LogP contribution is 2.27. The summed E-state index contributed by atoms with van der Waals surface area (Å²) in [6, 6.07) is 10.9. The molecule has 0 spiro atoms. The molecule has 1 aromatic carbocycles. The molecule has 0 unspecified atom stereocenters. The Balaban J connectivity index is 1.59. The number of carbonyl (C=O) groups is 1. The van der Waals surface area contributed by atoms with E-state index in [1.165, 1.54) is 0 Å². The van der Waals surface area contributed by atoms with E-state index in [2.05, 4.69) is 27.4 Å². The van der Waals surface area contributed by atoms with Crippen LogP contribution in [0.5, 0.6) is 11.5 Å². The van der Waals surface area contributed by atoms with Crippen LogP contribution in [0.2, 0.25) is 0 Å². The lowest BCUT2D eigenvalue weighted by atomic mass is 10.1. The van der Waals surface area contributed by atoms with Crippen LogP contribution in [0.4, 0.5) is 5.69 Å². The highest BCUT2D eigenvalue weighted by molar-refractivity contribution is 6.05. The maximum Gasteiger partial charge on any atom is 0.255 e. The number of nitrogens with two attached hydrogens (primary N) is 1. The van der Waals surface area contributed by atoms with Crippen LogP contribution < -0.4 is 20.5 Å². The molecule has 0 bridgehead atoms. The van der Waals surface area contributed by atoms with Crippen molar-refractivity contribution in [2.75, 3.05) is 25.6 Å². The molecular formula is C25H28N6O3. The van der Waals surface area contributed by atoms with Crippen molar-refractivity contribution >= 4 is 22.6 Å². The number of rotatable bonds is 9. The van der Waals surface area contributed by atoms with Crippen molar-refractivity contribution in [3.63, 3.8) is 0 Å². The number of amides is 1. The molecule has 9 nitrogen and oxygen atoms in total. The number of ether oxygens (including phenoxy) is 2. The van der Waals surface area contributed by atoms with Crippen LogP contribution in [0, 0.1) is 6.92 Å². The van der Waals surface area contributed by atoms with Crippen LogP contribution in [0.1, 0.15) is 35.1 Å². The molecule has 0 saturated heterocycles. The van der Waals surface area contributed by atoms with E-state index in [0.29, 0.717) is 42.3 Å². The van der Waals surface area contributed by atoms with Gasteiger partial charge in [0.2, 0.25) is 0 Å². The smallest absolute Gasteiger partial charge is 0.255 e. The number of hydrogen-bond donors (Lipinski definition) is 3. The van der Waals surface area contributed by atoms with Crippen molar-refractivity contribution in [1.82, 2.24) is 20.2 Å². The summed E-state index contributed by atoms with van der Waals surface area (Å²) >= 11 is 0. The Morgan fingerprint density at radius 1 is 1.18 bits per heavy atom. The molecule has 0 atom stereocenters. The molecule has 4 rings (SSSR count). The van der Waals surface area contributed by atoms with Gasteiger partial charge in [-0.2, -0.15) is 5.10 Å². The first kappa shape index (κ1) is 23.2. The van der Waals surface area contributed by atoms with Crippen molar-refractivity contribution in [3.05, 3.63) is 59.5 Å². The van der Waals surface area contributed by atoms with Gasteiger partial charge in [-0.05, 0) is 56.6 Å². The van der Waals surface area contributed by atoms with Crippen LogP contribution in [0.3, 0.4) is 0 Å². The molecule has 0 fully saturated rings. The fourth-order valence-electron chi connectivity index (χ4n) is 3.62. The molecule has 0 aliphatic carbocycles. The molecule has 4 aromatic rings. The minimum absolute atomic E-state index is 0.302. The largest absolute Gasteiger partial charge is 0.497 e. The quantitative estimate of drug-likeness (QED) is 0.323. The fraction of sp³-hybridized carbons (Fsp3) is 0.280. The number of H-pyrrole nitrogens is 1. The molecule has 176 valence electrons. The van der Waals surface area contributed by atoms with E-state index >= 15 is 0 Å². The number of aromatic nitrogens is 4. The zero-order valence-electron chi connectivity index (χ0n) is 19.5. The molecular weight excluding hydrogens is 432 g/mol. The number of methoxy groups -OCH3 is 1. The lowest BCUT2D eigenvalue weighted by molar-refractivity contribution is 0.102. The van der Waals surface area contributed by atoms with Crippen LogP contribution in [0.25, 0.3) is 22.3 Å². The van der Waals surface area contributed by atoms with Crippen LogP contribution >= 0.6 is 0 Å². The van der Waals surface area contributed by atoms with E-state index < -0.39 is 0 Å². The summed E-state index contributed by atoms with van der Waals surface area (Å²) in [6.45, 7) is 4.96. The van der Waals surface area contributed by atoms with E-state index in [9.17, 15) is 4.79 Å². The molecule has 3 aromatic heterocycles. The number of carbonyl (C=O) groups excluding carboxylic acids is 1. The standard InChI is InChI=1S/C25H28N6O3/c1-4-22-20-6-7-23(29-24(20)31-30-22)21-12-17(14-27-15(21)2)28-25(32)16-10-18(33-3)13-19(11-16)34-9-5-8-26/h6-7,10-14H,4-5,8-9,26H2,1-3H3,(H,28,32)(H,29,30,31). The number of benzene rings is 1. The van der Waals surface area contributed by atoms with Gasteiger partial charge in [0.15, 0.2) is 5.65 Å². The first-order valence-corrected chi connectivity index (χ1v) is 11.2. The van der Waals surface area contributed by atoms with Gasteiger partial charge in [0.05, 0.1) is 37.0 Å². The minimum atomic E-state index is -0.302. The molecule has 1 amide bonds. The lowest BCUT2D eigenvalue weighted by Gasteiger charge is -2.12. The van der Waals surface area contributed by atoms with E-state index in [0.717, 1.165) is 40.1 Å². The van der Waals surface area contributed by atoms with E-state index in [1.54, 1.807) is 31.5 Å². The fourth-order valence-corrected chi connectivity index (χ4v) is 3.62. The van der Waals surface area contributed by atoms with Crippen molar-refractivity contribution in [2.45, 2.75) is 26.7 Å². The number of hydrogen-bond acceptors (Lipinski definition) is 7. The summed E-state index contributed by atoms with van der Waals surface area (Å²) < 4.78 is 11.0. The molecule has 0 radical (unpaired) electrons. The van der Waals surface area contributed by atoms with E-state index in [-0.39, 0.29) is 5.91 Å². The number of aryl methyl sites for hydroxylation is 2. The average Bonchev–Trinajstić information content (AvgIpc) is 3.27. The number of fused-ring (bicyclic) bond motifs is 1. The van der Waals surface area contributed by atoms with E-state index in [4.69, 9.17) is 20.2 Å². The second-order valence-electron chi connectivity index (χ2n) is 7.82. The molecule has 3 heterocycles. The highest BCUT2D eigenvalue weighted by atomic mass is 16.5. The maximum absolute atomic E-state index is 13.0. The third-order valence-corrected chi connectivity index (χ3v) is 5.45. The first-order valence-electron chi connectivity index (χ1n) is 11.2. The van der Waals surface area contributed by atoms with Gasteiger partial charge in [0, 0.05) is 28.3 Å². The first-order chi connectivity index (χ1) is 16.5. The Morgan fingerprint density at radius 2 is 2.00 bits per heavy atom. The Morgan fingerprint density at radius 3 is 2.76 bits per heavy atom. The Bertz CT molecular complexity index is 1320. The van der Waals surface area contributed by atoms with Gasteiger partial charge in [-0.1, -0.05) is 6.92 Å². The lowest BCUT2D eigenvalue weighted by Crippen LogP contribution is -2.13. The van der Waals surface area contributed by atoms with Crippen molar-refractivity contribution in [2.24, 2.45) is 5.73 Å². The van der Waals surface area contributed by atoms with Crippen molar-refractivity contribution < 1.29 is 14.3 Å². The van der Waals surface area contributed by atoms with E-state index in [1.807, 2.05) is 25.1 Å². The number of anilines is 1. The maximum atomic E-state index is 13.0. The second-order valence-corrected chi connectivity index (χ2v) is 7.82. The number of nitrogens with one attached hydrogen (secondary N) is 2. The van der Waals surface area contributed by atoms with Gasteiger partial charge in [-0.3, -0.25) is 14.9 Å². The predicted molar refractivity (Wildman–Crippen MR) is 131 cm³/mol. The Hall–Kier alpha value is -3.98. The summed E-state index contributed by atoms with van der Waals surface area (Å²) in [5.41, 5.74) is 10.6. The van der Waals surface area contributed by atoms with Crippen molar-refractivity contribution in [3.8, 4) is 22.8 Å². The average molecular weight is 461 g/mol. The monoisotopic (exact) mass is 460 g/mol. The molecule has 4 N–H and O–H groups in total. The second kappa shape index (κ2) is 10.3. The Kier molecular flexibility index (Phi) is 7.03. The SMILES string of the molecule is CCc1n[nH]c2nc(-c3cc(NC(=O)c4cc(OC)cc(OCCCN)c4)cnc3C)ccc12. The van der Waals surface area contributed by atoms with Gasteiger partial charge in [-0.15, -0.1) is 0 Å². The van der Waals surface area contributed by atoms with Gasteiger partial charge in [0.1, 0.15) is 11.5 Å². The normalized spacial score (nSPS) is 10.9. The van der Waals surface area contributed by atoms with Crippen LogP contribution in [-0.2, 0) is 6.42 Å². The van der Waals surface area contributed by atoms with Crippen LogP contribution in [0.15, 0.2) is 42.6 Å². The van der Waals surface area contributed by atoms with Crippen LogP contribution in [-0.4, -0.2) is 46.3 Å². The van der Waals surface area contributed by atoms with Crippen molar-refractivity contribution in [1.29, 1.82) is 0 Å². The highest BCUT2D eigenvalue weighted by Gasteiger charge is 2.14. The molecule has 0 saturated carbocycles. The summed E-state index contributed by atoms with van der Waals surface area (Å²) in [6.07, 6.45) is 3.17. The minimum Gasteiger partial charge on any atom is -0.497 e. The summed E-state index contributed by atoms with van der Waals surface area (Å²) in [4.78, 5) is 22.2. The van der Waals surface area contributed by atoms with Gasteiger partial charge >= 0.3 is 0 Å². The molecule has 34 heavy (non-hydrogen) atoms. The molecule has 0 aliphatic heterocycles. The number of nitrogens with zero attached hydrogens (tertiary/aromatic N) is 3. The molecule has 0 aliphatic rings. The topological polar surface area (TPSA) is 128 Å². The molecule has 9 heteroatoms. The summed E-state index contributed by atoms with van der Waals surface area (Å²) in [5, 5.41) is 11.2. The Labute approximate surface area is 197 Å². The number of aromatic amines is 1. The summed E-state index contributed by atoms with van der Waals surface area (Å²) in [5.74, 6) is 0.773. The number of pyridine rings is 2. The zero-order chi connectivity index (χ0) is 24.1. The third kappa shape index (κ3) is 4.99. The summed E-state index contributed by atoms with van der Waals surface area (Å²) in [7, 11) is 1.55. The third-order valence-electron chi connectivity index (χ3n) is 5.45. The van der Waals surface area contributed by atoms with Gasteiger partial charge < -0.3 is 20.5 Å². The predicted octanol–water partition coefficient (Wildman–Crippen LogP) is 3.88.